The Labute approximate surface area is 188 Å². The zero-order chi connectivity index (χ0) is 23.8. The van der Waals surface area contributed by atoms with Gasteiger partial charge in [-0.3, -0.25) is 4.79 Å². The lowest BCUT2D eigenvalue weighted by atomic mass is 10.1. The van der Waals surface area contributed by atoms with Crippen molar-refractivity contribution in [3.8, 4) is 5.69 Å². The molecule has 3 aromatic rings. The second-order valence-electron chi connectivity index (χ2n) is 7.71. The quantitative estimate of drug-likeness (QED) is 0.543. The van der Waals surface area contributed by atoms with Crippen molar-refractivity contribution in [3.05, 3.63) is 77.1 Å². The second kappa shape index (κ2) is 8.64. The fraction of sp³-hybridized carbons (Fsp3) is 0.273. The Hall–Kier alpha value is -3.18. The highest BCUT2D eigenvalue weighted by Crippen LogP contribution is 2.42. The van der Waals surface area contributed by atoms with Crippen LogP contribution in [-0.4, -0.2) is 31.2 Å². The van der Waals surface area contributed by atoms with Crippen LogP contribution in [0.3, 0.4) is 0 Å². The average Bonchev–Trinajstić information content (AvgIpc) is 3.54. The van der Waals surface area contributed by atoms with Crippen LogP contribution in [-0.2, 0) is 22.7 Å². The smallest absolute Gasteiger partial charge is 0.348 e. The lowest BCUT2D eigenvalue weighted by molar-refractivity contribution is -0.137. The van der Waals surface area contributed by atoms with Crippen LogP contribution in [0.15, 0.2) is 59.6 Å². The van der Waals surface area contributed by atoms with Gasteiger partial charge in [0.15, 0.2) is 0 Å². The van der Waals surface area contributed by atoms with E-state index in [0.717, 1.165) is 25.0 Å². The van der Waals surface area contributed by atoms with E-state index >= 15 is 0 Å². The molecule has 7 nitrogen and oxygen atoms in total. The largest absolute Gasteiger partial charge is 0.416 e. The van der Waals surface area contributed by atoms with Gasteiger partial charge in [0, 0.05) is 12.5 Å². The summed E-state index contributed by atoms with van der Waals surface area (Å²) < 4.78 is 66.6. The molecule has 2 aromatic carbocycles. The van der Waals surface area contributed by atoms with Crippen molar-refractivity contribution < 1.29 is 26.4 Å². The van der Waals surface area contributed by atoms with Gasteiger partial charge in [-0.1, -0.05) is 18.2 Å². The monoisotopic (exact) mass is 478 g/mol. The van der Waals surface area contributed by atoms with Crippen molar-refractivity contribution in [2.45, 2.75) is 36.4 Å². The van der Waals surface area contributed by atoms with Crippen LogP contribution in [0.5, 0.6) is 0 Å². The summed E-state index contributed by atoms with van der Waals surface area (Å²) in [5.74, 6) is -0.351. The molecule has 1 heterocycles. The number of halogens is 3. The molecule has 0 atom stereocenters. The minimum atomic E-state index is -4.48. The molecular weight excluding hydrogens is 457 g/mol. The number of benzene rings is 2. The Morgan fingerprint density at radius 1 is 1.15 bits per heavy atom. The zero-order valence-electron chi connectivity index (χ0n) is 17.6. The Morgan fingerprint density at radius 3 is 2.45 bits per heavy atom. The SMILES string of the molecule is CNS(=O)(=O)c1ccc(CNC(=O)c2cnn(-c3cccc(C(F)(F)F)c3)c2C2CC2)cc1. The molecule has 1 aromatic heterocycles. The van der Waals surface area contributed by atoms with Gasteiger partial charge in [-0.25, -0.2) is 17.8 Å². The summed E-state index contributed by atoms with van der Waals surface area (Å²) in [6.07, 6.45) is -1.46. The van der Waals surface area contributed by atoms with Crippen LogP contribution in [0, 0.1) is 0 Å². The summed E-state index contributed by atoms with van der Waals surface area (Å²) in [4.78, 5) is 13.0. The summed E-state index contributed by atoms with van der Waals surface area (Å²) >= 11 is 0. The van der Waals surface area contributed by atoms with Gasteiger partial charge in [0.25, 0.3) is 5.91 Å². The number of rotatable bonds is 7. The molecule has 0 spiro atoms. The second-order valence-corrected chi connectivity index (χ2v) is 9.60. The van der Waals surface area contributed by atoms with Crippen LogP contribution < -0.4 is 10.0 Å². The normalized spacial score (nSPS) is 14.3. The van der Waals surface area contributed by atoms with Crippen LogP contribution in [0.25, 0.3) is 5.69 Å². The number of carbonyl (C=O) groups excluding carboxylic acids is 1. The van der Waals surface area contributed by atoms with Crippen molar-refractivity contribution in [2.24, 2.45) is 0 Å². The van der Waals surface area contributed by atoms with E-state index < -0.39 is 27.7 Å². The third-order valence-electron chi connectivity index (χ3n) is 5.39. The van der Waals surface area contributed by atoms with E-state index in [2.05, 4.69) is 15.1 Å². The van der Waals surface area contributed by atoms with Crippen LogP contribution >= 0.6 is 0 Å². The van der Waals surface area contributed by atoms with Gasteiger partial charge in [0.2, 0.25) is 10.0 Å². The van der Waals surface area contributed by atoms with Gasteiger partial charge < -0.3 is 5.32 Å². The maximum atomic E-state index is 13.1. The molecule has 0 aliphatic heterocycles. The minimum Gasteiger partial charge on any atom is -0.348 e. The molecule has 2 N–H and O–H groups in total. The van der Waals surface area contributed by atoms with Crippen molar-refractivity contribution >= 4 is 15.9 Å². The number of nitrogens with zero attached hydrogens (tertiary/aromatic N) is 2. The van der Waals surface area contributed by atoms with E-state index in [1.807, 2.05) is 0 Å². The maximum absolute atomic E-state index is 13.1. The molecule has 0 bridgehead atoms. The van der Waals surface area contributed by atoms with E-state index in [9.17, 15) is 26.4 Å². The molecule has 33 heavy (non-hydrogen) atoms. The number of alkyl halides is 3. The topological polar surface area (TPSA) is 93.1 Å². The molecule has 1 aliphatic rings. The first-order valence-electron chi connectivity index (χ1n) is 10.2. The van der Waals surface area contributed by atoms with E-state index in [0.29, 0.717) is 16.8 Å². The molecule has 0 saturated heterocycles. The number of nitrogens with one attached hydrogen (secondary N) is 2. The third kappa shape index (κ3) is 4.93. The van der Waals surface area contributed by atoms with Crippen LogP contribution in [0.4, 0.5) is 13.2 Å². The predicted molar refractivity (Wildman–Crippen MR) is 114 cm³/mol. The summed E-state index contributed by atoms with van der Waals surface area (Å²) in [6, 6.07) is 10.9. The van der Waals surface area contributed by atoms with Crippen molar-refractivity contribution in [3.63, 3.8) is 0 Å². The molecule has 1 amide bonds. The van der Waals surface area contributed by atoms with Gasteiger partial charge in [-0.2, -0.15) is 18.3 Å². The standard InChI is InChI=1S/C22H21F3N4O3S/c1-26-33(31,32)18-9-5-14(6-10-18)12-27-21(30)19-13-28-29(20(19)15-7-8-15)17-4-2-3-16(11-17)22(23,24)25/h2-6,9-11,13,15,26H,7-8,12H2,1H3,(H,27,30). The lowest BCUT2D eigenvalue weighted by Gasteiger charge is -2.12. The first-order chi connectivity index (χ1) is 15.6. The molecule has 1 aliphatic carbocycles. The number of amides is 1. The van der Waals surface area contributed by atoms with E-state index in [1.54, 1.807) is 12.1 Å². The highest BCUT2D eigenvalue weighted by molar-refractivity contribution is 7.89. The minimum absolute atomic E-state index is 0.0498. The van der Waals surface area contributed by atoms with Crippen molar-refractivity contribution in [1.29, 1.82) is 0 Å². The van der Waals surface area contributed by atoms with Crippen molar-refractivity contribution in [2.75, 3.05) is 7.05 Å². The van der Waals surface area contributed by atoms with E-state index in [4.69, 9.17) is 0 Å². The molecule has 1 saturated carbocycles. The molecule has 11 heteroatoms. The van der Waals surface area contributed by atoms with Gasteiger partial charge in [0.05, 0.1) is 33.6 Å². The average molecular weight is 478 g/mol. The highest BCUT2D eigenvalue weighted by Gasteiger charge is 2.34. The molecule has 174 valence electrons. The van der Waals surface area contributed by atoms with Crippen molar-refractivity contribution in [1.82, 2.24) is 19.8 Å². The summed E-state index contributed by atoms with van der Waals surface area (Å²) in [5, 5.41) is 6.98. The third-order valence-corrected chi connectivity index (χ3v) is 6.82. The fourth-order valence-electron chi connectivity index (χ4n) is 3.48. The van der Waals surface area contributed by atoms with Crippen LogP contribution in [0.2, 0.25) is 0 Å². The number of aromatic nitrogens is 2. The Balaban J connectivity index is 1.54. The molecule has 1 fully saturated rings. The van der Waals surface area contributed by atoms with Gasteiger partial charge >= 0.3 is 6.18 Å². The fourth-order valence-corrected chi connectivity index (χ4v) is 4.21. The first kappa shape index (κ1) is 23.0. The Bertz CT molecular complexity index is 1280. The number of hydrogen-bond donors (Lipinski definition) is 2. The Kier molecular flexibility index (Phi) is 6.02. The highest BCUT2D eigenvalue weighted by atomic mass is 32.2. The number of hydrogen-bond acceptors (Lipinski definition) is 4. The summed E-state index contributed by atoms with van der Waals surface area (Å²) in [6.45, 7) is 0.150. The predicted octanol–water partition coefficient (Wildman–Crippen LogP) is 3.61. The van der Waals surface area contributed by atoms with Gasteiger partial charge in [-0.15, -0.1) is 0 Å². The van der Waals surface area contributed by atoms with Gasteiger partial charge in [-0.05, 0) is 55.8 Å². The molecule has 0 unspecified atom stereocenters. The Morgan fingerprint density at radius 2 is 1.85 bits per heavy atom. The lowest BCUT2D eigenvalue weighted by Crippen LogP contribution is -2.24. The van der Waals surface area contributed by atoms with Crippen LogP contribution in [0.1, 0.15) is 45.9 Å². The summed E-state index contributed by atoms with van der Waals surface area (Å²) in [5.41, 5.74) is 1.04. The molecular formula is C22H21F3N4O3S. The zero-order valence-corrected chi connectivity index (χ0v) is 18.4. The van der Waals surface area contributed by atoms with Gasteiger partial charge in [0.1, 0.15) is 0 Å². The molecule has 4 rings (SSSR count). The number of carbonyl (C=O) groups is 1. The maximum Gasteiger partial charge on any atom is 0.416 e. The first-order valence-corrected chi connectivity index (χ1v) is 11.6. The summed E-state index contributed by atoms with van der Waals surface area (Å²) in [7, 11) is -2.23. The molecule has 0 radical (unpaired) electrons. The van der Waals surface area contributed by atoms with E-state index in [-0.39, 0.29) is 23.0 Å². The van der Waals surface area contributed by atoms with E-state index in [1.165, 1.54) is 42.2 Å². The number of sulfonamides is 1.